The molecule has 21 atom stereocenters. The van der Waals surface area contributed by atoms with Gasteiger partial charge in [-0.3, -0.25) is 0 Å². The number of fused-ring (bicyclic) bond motifs is 7. The Labute approximate surface area is 337 Å². The molecule has 14 heteroatoms. The van der Waals surface area contributed by atoms with Crippen molar-refractivity contribution < 1.29 is 69.6 Å². The number of hydrogen-bond donors (Lipinski definition) is 9. The van der Waals surface area contributed by atoms with E-state index in [1.165, 1.54) is 5.57 Å². The molecule has 0 unspecified atom stereocenters. The fraction of sp³-hybridized carbons (Fsp3) is 0.953. The molecule has 2 saturated heterocycles. The molecule has 0 aromatic rings. The summed E-state index contributed by atoms with van der Waals surface area (Å²) in [4.78, 5) is 0. The fourth-order valence-corrected chi connectivity index (χ4v) is 14.0. The second-order valence-corrected chi connectivity index (χ2v) is 21.0. The van der Waals surface area contributed by atoms with Gasteiger partial charge >= 0.3 is 0 Å². The smallest absolute Gasteiger partial charge is 0.187 e. The van der Waals surface area contributed by atoms with E-state index in [0.717, 1.165) is 38.5 Å². The van der Waals surface area contributed by atoms with Gasteiger partial charge in [-0.25, -0.2) is 0 Å². The summed E-state index contributed by atoms with van der Waals surface area (Å²) >= 11 is 0. The minimum absolute atomic E-state index is 0.0303. The molecule has 0 amide bonds. The first-order valence-corrected chi connectivity index (χ1v) is 21.4. The van der Waals surface area contributed by atoms with Gasteiger partial charge in [0.05, 0.1) is 44.2 Å². The van der Waals surface area contributed by atoms with Crippen molar-refractivity contribution in [2.24, 2.45) is 50.2 Å². The van der Waals surface area contributed by atoms with Gasteiger partial charge in [0.15, 0.2) is 12.6 Å². The topological polar surface area (TPSA) is 228 Å². The number of allylic oxidation sites excluding steroid dienone is 1. The first-order valence-electron chi connectivity index (χ1n) is 21.4. The molecule has 0 spiro atoms. The maximum Gasteiger partial charge on any atom is 0.187 e. The van der Waals surface area contributed by atoms with Crippen LogP contribution in [0.15, 0.2) is 11.6 Å². The first kappa shape index (κ1) is 44.2. The summed E-state index contributed by atoms with van der Waals surface area (Å²) in [6.07, 6.45) is -7.49. The minimum Gasteiger partial charge on any atom is -0.396 e. The predicted octanol–water partition coefficient (Wildman–Crippen LogP) is 1.39. The van der Waals surface area contributed by atoms with Crippen LogP contribution in [0.3, 0.4) is 0 Å². The first-order chi connectivity index (χ1) is 26.6. The van der Waals surface area contributed by atoms with Gasteiger partial charge in [0, 0.05) is 23.9 Å². The Morgan fingerprint density at radius 2 is 1.42 bits per heavy atom. The quantitative estimate of drug-likeness (QED) is 0.125. The highest BCUT2D eigenvalue weighted by atomic mass is 16.7. The van der Waals surface area contributed by atoms with E-state index in [4.69, 9.17) is 23.7 Å². The summed E-state index contributed by atoms with van der Waals surface area (Å²) < 4.78 is 30.6. The van der Waals surface area contributed by atoms with Crippen LogP contribution < -0.4 is 0 Å². The highest BCUT2D eigenvalue weighted by molar-refractivity contribution is 5.37. The van der Waals surface area contributed by atoms with Crippen molar-refractivity contribution in [2.45, 2.75) is 180 Å². The van der Waals surface area contributed by atoms with Gasteiger partial charge < -0.3 is 69.6 Å². The Bertz CT molecular complexity index is 1490. The SMILES string of the molecule is CO[C@@H]1C=C2[C@H]3CC(C)(C)CC[C@]3(CO)[C@@H](O)C[C@@]2(C)[C@]2(C)CC[C@H]3[C@](C)(CO)[C@@H](O[C@@H]4O[C@H](C)[C@H](O)[C@H](O[C@@H]5O[C@H](CO)[C@@H](O)[C@H](O)[C@H]5O)[C@H]4O)CC[C@]3(C)[C@@H]12. The van der Waals surface area contributed by atoms with Crippen molar-refractivity contribution in [1.82, 2.24) is 0 Å². The van der Waals surface area contributed by atoms with Crippen molar-refractivity contribution in [3.05, 3.63) is 11.6 Å². The van der Waals surface area contributed by atoms with Crippen LogP contribution in [-0.2, 0) is 23.7 Å². The molecular weight excluding hydrogens is 740 g/mol. The average molecular weight is 813 g/mol. The molecule has 57 heavy (non-hydrogen) atoms. The number of rotatable bonds is 8. The van der Waals surface area contributed by atoms with Gasteiger partial charge in [-0.15, -0.1) is 0 Å². The molecule has 2 aliphatic heterocycles. The summed E-state index contributed by atoms with van der Waals surface area (Å²) in [5.41, 5.74) is -0.934. The third kappa shape index (κ3) is 6.48. The fourth-order valence-electron chi connectivity index (χ4n) is 14.0. The van der Waals surface area contributed by atoms with Gasteiger partial charge in [0.2, 0.25) is 0 Å². The van der Waals surface area contributed by atoms with E-state index in [-0.39, 0.29) is 58.7 Å². The zero-order chi connectivity index (χ0) is 41.8. The minimum atomic E-state index is -1.74. The maximum absolute atomic E-state index is 12.1. The highest BCUT2D eigenvalue weighted by Crippen LogP contribution is 2.76. The third-order valence-corrected chi connectivity index (χ3v) is 17.7. The van der Waals surface area contributed by atoms with Crippen LogP contribution in [0, 0.1) is 50.2 Å². The predicted molar refractivity (Wildman–Crippen MR) is 205 cm³/mol. The number of aliphatic hydroxyl groups is 9. The Morgan fingerprint density at radius 3 is 2.05 bits per heavy atom. The Kier molecular flexibility index (Phi) is 11.8. The average Bonchev–Trinajstić information content (AvgIpc) is 3.16. The number of ether oxygens (including phenoxy) is 5. The Hall–Kier alpha value is -0.820. The summed E-state index contributed by atoms with van der Waals surface area (Å²) in [5.74, 6) is 0.0264. The molecular formula is C43H72O14. The van der Waals surface area contributed by atoms with Crippen molar-refractivity contribution in [1.29, 1.82) is 0 Å². The van der Waals surface area contributed by atoms with Crippen LogP contribution in [-0.4, -0.2) is 153 Å². The van der Waals surface area contributed by atoms with Crippen LogP contribution in [0.5, 0.6) is 0 Å². The molecule has 7 aliphatic rings. The summed E-state index contributed by atoms with van der Waals surface area (Å²) in [5, 5.41) is 98.1. The molecule has 5 aliphatic carbocycles. The number of aliphatic hydroxyl groups excluding tert-OH is 9. The van der Waals surface area contributed by atoms with Gasteiger partial charge in [-0.2, -0.15) is 0 Å². The lowest BCUT2D eigenvalue weighted by Crippen LogP contribution is -2.70. The van der Waals surface area contributed by atoms with Gasteiger partial charge in [-0.1, -0.05) is 53.2 Å². The van der Waals surface area contributed by atoms with E-state index in [2.05, 4.69) is 40.7 Å². The Morgan fingerprint density at radius 1 is 0.737 bits per heavy atom. The molecule has 2 heterocycles. The van der Waals surface area contributed by atoms with Crippen LogP contribution in [0.1, 0.15) is 99.8 Å². The lowest BCUT2D eigenvalue weighted by Gasteiger charge is -2.73. The third-order valence-electron chi connectivity index (χ3n) is 17.7. The zero-order valence-electron chi connectivity index (χ0n) is 35.2. The van der Waals surface area contributed by atoms with Gasteiger partial charge in [0.1, 0.15) is 42.7 Å². The largest absolute Gasteiger partial charge is 0.396 e. The standard InChI is InChI=1S/C43H72O14/c1-21-29(48)34(57-36-32(51)31(50)30(49)25(18-44)55-36)33(52)37(54-21)56-28-10-11-39(4)26(40(28,5)19-45)9-12-41(6)35(39)24(53-8)15-22-23-16-38(2,3)13-14-43(23,20-46)27(47)17-42(22,41)7/h15,21,23-37,44-52H,9-14,16-20H2,1-8H3/t21-,23-,24-,25-,26-,27+,28+,29+,30-,31+,32-,33-,34+,35-,36+,37+,39+,40+,41-,42-,43-/m1/s1. The molecule has 328 valence electrons. The lowest BCUT2D eigenvalue weighted by atomic mass is 9.32. The number of hydrogen-bond acceptors (Lipinski definition) is 14. The molecule has 0 aromatic heterocycles. The maximum atomic E-state index is 12.1. The molecule has 9 N–H and O–H groups in total. The van der Waals surface area contributed by atoms with Crippen molar-refractivity contribution >= 4 is 0 Å². The summed E-state index contributed by atoms with van der Waals surface area (Å²) in [6, 6.07) is 0. The molecule has 0 bridgehead atoms. The van der Waals surface area contributed by atoms with Crippen molar-refractivity contribution in [3.63, 3.8) is 0 Å². The second-order valence-electron chi connectivity index (χ2n) is 21.0. The lowest BCUT2D eigenvalue weighted by molar-refractivity contribution is -0.368. The van der Waals surface area contributed by atoms with Crippen molar-refractivity contribution in [3.8, 4) is 0 Å². The van der Waals surface area contributed by atoms with Crippen molar-refractivity contribution in [2.75, 3.05) is 26.9 Å². The molecule has 4 saturated carbocycles. The molecule has 7 rings (SSSR count). The van der Waals surface area contributed by atoms with E-state index in [9.17, 15) is 46.0 Å². The number of methoxy groups -OCH3 is 1. The van der Waals surface area contributed by atoms with Crippen LogP contribution in [0.4, 0.5) is 0 Å². The van der Waals surface area contributed by atoms with E-state index in [0.29, 0.717) is 12.8 Å². The van der Waals surface area contributed by atoms with E-state index < -0.39 is 91.1 Å². The van der Waals surface area contributed by atoms with Gasteiger partial charge in [-0.05, 0) is 91.8 Å². The second kappa shape index (κ2) is 15.2. The molecule has 14 nitrogen and oxygen atoms in total. The molecule has 0 radical (unpaired) electrons. The van der Waals surface area contributed by atoms with E-state index in [1.807, 2.05) is 6.92 Å². The Balaban J connectivity index is 1.17. The van der Waals surface area contributed by atoms with E-state index in [1.54, 1.807) is 14.0 Å². The monoisotopic (exact) mass is 812 g/mol. The summed E-state index contributed by atoms with van der Waals surface area (Å²) in [6.45, 7) is 14.4. The van der Waals surface area contributed by atoms with Gasteiger partial charge in [0.25, 0.3) is 0 Å². The molecule has 6 fully saturated rings. The van der Waals surface area contributed by atoms with Crippen LogP contribution >= 0.6 is 0 Å². The van der Waals surface area contributed by atoms with E-state index >= 15 is 0 Å². The van der Waals surface area contributed by atoms with Crippen LogP contribution in [0.2, 0.25) is 0 Å². The summed E-state index contributed by atoms with van der Waals surface area (Å²) in [7, 11) is 1.78. The zero-order valence-corrected chi connectivity index (χ0v) is 35.2. The van der Waals surface area contributed by atoms with Crippen LogP contribution in [0.25, 0.3) is 0 Å². The normalized spacial score (nSPS) is 56.1. The highest BCUT2D eigenvalue weighted by Gasteiger charge is 2.72. The molecule has 0 aromatic carbocycles.